The van der Waals surface area contributed by atoms with Crippen molar-refractivity contribution in [1.82, 2.24) is 10.2 Å². The van der Waals surface area contributed by atoms with Gasteiger partial charge in [0.15, 0.2) is 6.61 Å². The van der Waals surface area contributed by atoms with Gasteiger partial charge in [-0.15, -0.1) is 6.58 Å². The number of amides is 2. The van der Waals surface area contributed by atoms with E-state index in [2.05, 4.69) is 11.9 Å². The van der Waals surface area contributed by atoms with E-state index in [0.29, 0.717) is 25.3 Å². The Labute approximate surface area is 189 Å². The second kappa shape index (κ2) is 12.1. The van der Waals surface area contributed by atoms with Gasteiger partial charge in [-0.25, -0.2) is 0 Å². The first-order valence-corrected chi connectivity index (χ1v) is 10.6. The minimum absolute atomic E-state index is 0.156. The van der Waals surface area contributed by atoms with Crippen LogP contribution in [0.2, 0.25) is 0 Å². The highest BCUT2D eigenvalue weighted by Crippen LogP contribution is 2.16. The third-order valence-electron chi connectivity index (χ3n) is 4.99. The van der Waals surface area contributed by atoms with Gasteiger partial charge in [-0.05, 0) is 23.3 Å². The van der Waals surface area contributed by atoms with Crippen molar-refractivity contribution >= 4 is 11.8 Å². The highest BCUT2D eigenvalue weighted by molar-refractivity contribution is 5.88. The molecule has 2 amide bonds. The van der Waals surface area contributed by atoms with Crippen LogP contribution in [-0.4, -0.2) is 35.9 Å². The van der Waals surface area contributed by atoms with Crippen LogP contribution in [0.15, 0.2) is 104 Å². The van der Waals surface area contributed by atoms with Crippen LogP contribution in [0.1, 0.15) is 11.1 Å². The van der Waals surface area contributed by atoms with E-state index >= 15 is 0 Å². The number of hydrogen-bond donors (Lipinski definition) is 1. The molecule has 0 spiro atoms. The van der Waals surface area contributed by atoms with Crippen LogP contribution in [0, 0.1) is 0 Å². The first kappa shape index (κ1) is 22.8. The summed E-state index contributed by atoms with van der Waals surface area (Å²) in [5.41, 5.74) is 1.91. The summed E-state index contributed by atoms with van der Waals surface area (Å²) < 4.78 is 5.71. The van der Waals surface area contributed by atoms with E-state index in [1.54, 1.807) is 23.1 Å². The molecule has 3 rings (SSSR count). The molecule has 0 saturated heterocycles. The largest absolute Gasteiger partial charge is 0.484 e. The Morgan fingerprint density at radius 1 is 0.875 bits per heavy atom. The van der Waals surface area contributed by atoms with E-state index in [1.807, 2.05) is 78.9 Å². The molecule has 0 heterocycles. The smallest absolute Gasteiger partial charge is 0.261 e. The normalized spacial score (nSPS) is 11.2. The quantitative estimate of drug-likeness (QED) is 0.470. The molecule has 0 aliphatic heterocycles. The van der Waals surface area contributed by atoms with Crippen LogP contribution in [0.25, 0.3) is 0 Å². The van der Waals surface area contributed by atoms with Gasteiger partial charge < -0.3 is 15.0 Å². The maximum Gasteiger partial charge on any atom is 0.261 e. The first-order valence-electron chi connectivity index (χ1n) is 10.6. The molecular formula is C27H28N2O3. The third-order valence-corrected chi connectivity index (χ3v) is 4.99. The van der Waals surface area contributed by atoms with Crippen molar-refractivity contribution in [2.75, 3.05) is 13.2 Å². The lowest BCUT2D eigenvalue weighted by molar-refractivity contribution is -0.142. The number of hydrogen-bond acceptors (Lipinski definition) is 3. The second-order valence-corrected chi connectivity index (χ2v) is 7.35. The molecule has 0 aliphatic carbocycles. The number of carbonyl (C=O) groups is 2. The van der Waals surface area contributed by atoms with Gasteiger partial charge in [-0.2, -0.15) is 0 Å². The monoisotopic (exact) mass is 428 g/mol. The van der Waals surface area contributed by atoms with Crippen LogP contribution < -0.4 is 10.1 Å². The average Bonchev–Trinajstić information content (AvgIpc) is 2.85. The number of carbonyl (C=O) groups excluding carboxylic acids is 2. The predicted octanol–water partition coefficient (Wildman–Crippen LogP) is 4.01. The number of para-hydroxylation sites is 1. The zero-order chi connectivity index (χ0) is 22.6. The van der Waals surface area contributed by atoms with Crippen molar-refractivity contribution in [1.29, 1.82) is 0 Å². The lowest BCUT2D eigenvalue weighted by Gasteiger charge is -2.31. The summed E-state index contributed by atoms with van der Waals surface area (Å²) in [5.74, 6) is 0.126. The molecule has 3 aromatic carbocycles. The fourth-order valence-electron chi connectivity index (χ4n) is 3.37. The minimum atomic E-state index is -0.690. The molecule has 32 heavy (non-hydrogen) atoms. The molecule has 0 unspecified atom stereocenters. The first-order chi connectivity index (χ1) is 15.7. The van der Waals surface area contributed by atoms with E-state index < -0.39 is 6.04 Å². The van der Waals surface area contributed by atoms with Crippen LogP contribution in [0.5, 0.6) is 5.75 Å². The Bertz CT molecular complexity index is 991. The van der Waals surface area contributed by atoms with Gasteiger partial charge in [0, 0.05) is 19.5 Å². The van der Waals surface area contributed by atoms with Crippen molar-refractivity contribution in [2.24, 2.45) is 0 Å². The molecule has 1 N–H and O–H groups in total. The summed E-state index contributed by atoms with van der Waals surface area (Å²) in [5, 5.41) is 2.86. The number of benzene rings is 3. The van der Waals surface area contributed by atoms with Crippen LogP contribution in [-0.2, 0) is 22.6 Å². The van der Waals surface area contributed by atoms with Crippen molar-refractivity contribution in [2.45, 2.75) is 19.0 Å². The summed E-state index contributed by atoms with van der Waals surface area (Å²) in [6.45, 7) is 4.15. The van der Waals surface area contributed by atoms with Gasteiger partial charge in [0.05, 0.1) is 0 Å². The van der Waals surface area contributed by atoms with Gasteiger partial charge in [-0.3, -0.25) is 9.59 Å². The lowest BCUT2D eigenvalue weighted by atomic mass is 10.0. The Morgan fingerprint density at radius 3 is 2.03 bits per heavy atom. The van der Waals surface area contributed by atoms with Crippen LogP contribution in [0.4, 0.5) is 0 Å². The Morgan fingerprint density at radius 2 is 1.44 bits per heavy atom. The highest BCUT2D eigenvalue weighted by atomic mass is 16.5. The molecule has 0 fully saturated rings. The van der Waals surface area contributed by atoms with Crippen LogP contribution in [0.3, 0.4) is 0 Å². The maximum absolute atomic E-state index is 13.3. The lowest BCUT2D eigenvalue weighted by Crippen LogP contribution is -2.51. The molecule has 0 bridgehead atoms. The van der Waals surface area contributed by atoms with Gasteiger partial charge in [0.1, 0.15) is 11.8 Å². The van der Waals surface area contributed by atoms with E-state index in [0.717, 1.165) is 11.1 Å². The van der Waals surface area contributed by atoms with E-state index in [9.17, 15) is 9.59 Å². The average molecular weight is 429 g/mol. The van der Waals surface area contributed by atoms with Crippen molar-refractivity contribution in [3.8, 4) is 5.75 Å². The fourth-order valence-corrected chi connectivity index (χ4v) is 3.37. The number of ether oxygens (including phenoxy) is 1. The molecule has 0 aliphatic rings. The standard InChI is InChI=1S/C27H28N2O3/c1-2-18-28-27(31)25(19-22-12-6-3-7-13-22)29(20-23-14-8-4-9-15-23)26(30)21-32-24-16-10-5-11-17-24/h2-17,25H,1,18-21H2,(H,28,31)/t25-/m0/s1. The van der Waals surface area contributed by atoms with E-state index in [4.69, 9.17) is 4.74 Å². The number of nitrogens with one attached hydrogen (secondary N) is 1. The molecule has 164 valence electrons. The molecule has 1 atom stereocenters. The molecule has 5 heteroatoms. The van der Waals surface area contributed by atoms with Gasteiger partial charge >= 0.3 is 0 Å². The van der Waals surface area contributed by atoms with Crippen molar-refractivity contribution in [3.63, 3.8) is 0 Å². The Kier molecular flexibility index (Phi) is 8.63. The predicted molar refractivity (Wildman–Crippen MR) is 126 cm³/mol. The van der Waals surface area contributed by atoms with Crippen LogP contribution >= 0.6 is 0 Å². The Balaban J connectivity index is 1.86. The molecular weight excluding hydrogens is 400 g/mol. The zero-order valence-electron chi connectivity index (χ0n) is 18.0. The van der Waals surface area contributed by atoms with E-state index in [-0.39, 0.29) is 18.4 Å². The van der Waals surface area contributed by atoms with Crippen molar-refractivity contribution < 1.29 is 14.3 Å². The van der Waals surface area contributed by atoms with Gasteiger partial charge in [0.2, 0.25) is 5.91 Å². The van der Waals surface area contributed by atoms with Gasteiger partial charge in [-0.1, -0.05) is 84.9 Å². The third kappa shape index (κ3) is 6.84. The molecule has 5 nitrogen and oxygen atoms in total. The number of nitrogens with zero attached hydrogens (tertiary/aromatic N) is 1. The topological polar surface area (TPSA) is 58.6 Å². The Hall–Kier alpha value is -3.86. The highest BCUT2D eigenvalue weighted by Gasteiger charge is 2.30. The number of rotatable bonds is 11. The summed E-state index contributed by atoms with van der Waals surface area (Å²) in [6.07, 6.45) is 2.02. The summed E-state index contributed by atoms with van der Waals surface area (Å²) in [7, 11) is 0. The van der Waals surface area contributed by atoms with Crippen molar-refractivity contribution in [3.05, 3.63) is 115 Å². The molecule has 0 aromatic heterocycles. The molecule has 0 radical (unpaired) electrons. The van der Waals surface area contributed by atoms with Gasteiger partial charge in [0.25, 0.3) is 5.91 Å². The minimum Gasteiger partial charge on any atom is -0.484 e. The zero-order valence-corrected chi connectivity index (χ0v) is 18.0. The fraction of sp³-hybridized carbons (Fsp3) is 0.185. The SMILES string of the molecule is C=CCNC(=O)[C@H](Cc1ccccc1)N(Cc1ccccc1)C(=O)COc1ccccc1. The maximum atomic E-state index is 13.3. The molecule has 0 saturated carbocycles. The summed E-state index contributed by atoms with van der Waals surface area (Å²) in [4.78, 5) is 28.1. The second-order valence-electron chi connectivity index (χ2n) is 7.35. The van der Waals surface area contributed by atoms with E-state index in [1.165, 1.54) is 0 Å². The summed E-state index contributed by atoms with van der Waals surface area (Å²) >= 11 is 0. The summed E-state index contributed by atoms with van der Waals surface area (Å²) in [6, 6.07) is 27.8. The molecule has 3 aromatic rings.